The van der Waals surface area contributed by atoms with Crippen LogP contribution in [0, 0.1) is 11.3 Å². The molecule has 2 rings (SSSR count). The molecule has 0 heterocycles. The molecular formula is C27H35N9O6. The van der Waals surface area contributed by atoms with Crippen LogP contribution in [0.1, 0.15) is 30.4 Å². The van der Waals surface area contributed by atoms with Gasteiger partial charge in [0.15, 0.2) is 5.96 Å². The average molecular weight is 582 g/mol. The molecule has 0 saturated carbocycles. The summed E-state index contributed by atoms with van der Waals surface area (Å²) >= 11 is 0. The van der Waals surface area contributed by atoms with E-state index in [1.165, 1.54) is 0 Å². The van der Waals surface area contributed by atoms with Crippen molar-refractivity contribution >= 4 is 47.1 Å². The molecule has 0 bridgehead atoms. The fourth-order valence-corrected chi connectivity index (χ4v) is 3.83. The fourth-order valence-electron chi connectivity index (χ4n) is 3.83. The maximum absolute atomic E-state index is 13.4. The molecule has 0 radical (unpaired) electrons. The van der Waals surface area contributed by atoms with Gasteiger partial charge < -0.3 is 44.0 Å². The van der Waals surface area contributed by atoms with Crippen LogP contribution >= 0.6 is 0 Å². The highest BCUT2D eigenvalue weighted by Gasteiger charge is 2.33. The minimum Gasteiger partial charge on any atom is -0.481 e. The number of hydrogen-bond donors (Lipinski definition) is 9. The summed E-state index contributed by atoms with van der Waals surface area (Å²) in [6, 6.07) is 11.8. The third-order valence-electron chi connectivity index (χ3n) is 6.00. The number of anilines is 1. The third-order valence-corrected chi connectivity index (χ3v) is 6.00. The topological polar surface area (TPSA) is 282 Å². The van der Waals surface area contributed by atoms with Crippen LogP contribution in [0.2, 0.25) is 0 Å². The van der Waals surface area contributed by atoms with Crippen molar-refractivity contribution in [1.82, 2.24) is 10.6 Å². The number of primary amides is 1. The first-order valence-corrected chi connectivity index (χ1v) is 12.8. The number of guanidine groups is 1. The Morgan fingerprint density at radius 1 is 0.833 bits per heavy atom. The highest BCUT2D eigenvalue weighted by molar-refractivity contribution is 6.08. The number of amides is 4. The smallest absolute Gasteiger partial charge is 0.305 e. The van der Waals surface area contributed by atoms with E-state index in [1.54, 1.807) is 54.6 Å². The molecule has 0 saturated heterocycles. The predicted molar refractivity (Wildman–Crippen MR) is 155 cm³/mol. The molecule has 0 fully saturated rings. The van der Waals surface area contributed by atoms with E-state index in [9.17, 15) is 29.1 Å². The van der Waals surface area contributed by atoms with Gasteiger partial charge in [-0.05, 0) is 37.0 Å². The van der Waals surface area contributed by atoms with Crippen LogP contribution in [0.15, 0.2) is 59.6 Å². The van der Waals surface area contributed by atoms with E-state index < -0.39 is 54.0 Å². The SMILES string of the molecule is N=C(N)c1ccc(C[C@H](C(=O)Nc2ccccc2)C(=O)NC(CC(=O)O)C(=O)NC(CCCN=C(N)N)C(N)=O)cc1. The second-order valence-electron chi connectivity index (χ2n) is 9.29. The summed E-state index contributed by atoms with van der Waals surface area (Å²) in [5.41, 5.74) is 22.8. The zero-order valence-corrected chi connectivity index (χ0v) is 22.7. The summed E-state index contributed by atoms with van der Waals surface area (Å²) < 4.78 is 0. The fraction of sp³-hybridized carbons (Fsp3) is 0.296. The molecule has 2 unspecified atom stereocenters. The summed E-state index contributed by atoms with van der Waals surface area (Å²) in [6.45, 7) is 0.156. The van der Waals surface area contributed by atoms with Crippen molar-refractivity contribution in [2.24, 2.45) is 33.8 Å². The highest BCUT2D eigenvalue weighted by Crippen LogP contribution is 2.15. The largest absolute Gasteiger partial charge is 0.481 e. The molecule has 3 atom stereocenters. The second kappa shape index (κ2) is 16.0. The Balaban J connectivity index is 2.26. The van der Waals surface area contributed by atoms with Crippen molar-refractivity contribution in [2.75, 3.05) is 11.9 Å². The average Bonchev–Trinajstić information content (AvgIpc) is 2.93. The minimum atomic E-state index is -1.64. The summed E-state index contributed by atoms with van der Waals surface area (Å²) in [6.07, 6.45) is -0.647. The van der Waals surface area contributed by atoms with E-state index in [4.69, 9.17) is 28.3 Å². The van der Waals surface area contributed by atoms with Gasteiger partial charge in [0, 0.05) is 17.8 Å². The van der Waals surface area contributed by atoms with Gasteiger partial charge in [0.2, 0.25) is 23.6 Å². The van der Waals surface area contributed by atoms with E-state index in [1.807, 2.05) is 0 Å². The number of nitrogens with two attached hydrogens (primary N) is 4. The Bertz CT molecular complexity index is 1310. The molecule has 13 N–H and O–H groups in total. The van der Waals surface area contributed by atoms with Gasteiger partial charge in [-0.2, -0.15) is 0 Å². The number of rotatable bonds is 16. The zero-order valence-electron chi connectivity index (χ0n) is 22.7. The van der Waals surface area contributed by atoms with Crippen molar-refractivity contribution in [3.05, 3.63) is 65.7 Å². The predicted octanol–water partition coefficient (Wildman–Crippen LogP) is -1.25. The lowest BCUT2D eigenvalue weighted by Gasteiger charge is -2.23. The quantitative estimate of drug-likeness (QED) is 0.0495. The zero-order chi connectivity index (χ0) is 31.2. The lowest BCUT2D eigenvalue weighted by atomic mass is 9.95. The molecule has 0 aromatic heterocycles. The first kappa shape index (κ1) is 32.7. The molecule has 4 amide bonds. The van der Waals surface area contributed by atoms with Crippen LogP contribution in [0.4, 0.5) is 5.69 Å². The van der Waals surface area contributed by atoms with Crippen molar-refractivity contribution in [3.63, 3.8) is 0 Å². The number of carbonyl (C=O) groups is 5. The number of carbonyl (C=O) groups excluding carboxylic acids is 4. The van der Waals surface area contributed by atoms with Gasteiger partial charge in [-0.15, -0.1) is 0 Å². The molecule has 15 nitrogen and oxygen atoms in total. The molecule has 224 valence electrons. The Morgan fingerprint density at radius 2 is 1.45 bits per heavy atom. The number of carboxylic acids is 1. The van der Waals surface area contributed by atoms with E-state index in [0.29, 0.717) is 16.8 Å². The van der Waals surface area contributed by atoms with Gasteiger partial charge in [0.25, 0.3) is 0 Å². The van der Waals surface area contributed by atoms with Crippen LogP contribution in [-0.2, 0) is 30.4 Å². The standard InChI is InChI=1S/C27H35N9O6/c28-22(29)16-10-8-15(9-11-16)13-18(24(40)34-17-5-2-1-3-6-17)25(41)36-20(14-21(37)38)26(42)35-19(23(30)39)7-4-12-33-27(31)32/h1-3,5-6,8-11,18-20H,4,7,12-14H2,(H3,28,29)(H2,30,39)(H,34,40)(H,35,42)(H,36,41)(H,37,38)(H4,31,32,33)/t18-,19?,20?/m1/s1. The lowest BCUT2D eigenvalue weighted by Crippen LogP contribution is -2.55. The first-order chi connectivity index (χ1) is 19.9. The van der Waals surface area contributed by atoms with E-state index in [0.717, 1.165) is 0 Å². The Labute approximate surface area is 241 Å². The molecule has 42 heavy (non-hydrogen) atoms. The number of nitrogens with one attached hydrogen (secondary N) is 4. The molecule has 0 aliphatic heterocycles. The van der Waals surface area contributed by atoms with Gasteiger partial charge in [-0.25, -0.2) is 0 Å². The number of nitrogen functional groups attached to an aromatic ring is 1. The maximum Gasteiger partial charge on any atom is 0.305 e. The van der Waals surface area contributed by atoms with Crippen LogP contribution in [0.25, 0.3) is 0 Å². The van der Waals surface area contributed by atoms with Crippen LogP contribution in [0.3, 0.4) is 0 Å². The third kappa shape index (κ3) is 11.0. The van der Waals surface area contributed by atoms with E-state index in [2.05, 4.69) is 20.9 Å². The van der Waals surface area contributed by atoms with Crippen LogP contribution in [-0.4, -0.2) is 65.1 Å². The number of aliphatic carboxylic acids is 1. The summed E-state index contributed by atoms with van der Waals surface area (Å²) in [5.74, 6) is -6.63. The lowest BCUT2D eigenvalue weighted by molar-refractivity contribution is -0.141. The monoisotopic (exact) mass is 581 g/mol. The summed E-state index contributed by atoms with van der Waals surface area (Å²) in [5, 5.41) is 24.3. The Morgan fingerprint density at radius 3 is 2.00 bits per heavy atom. The number of para-hydroxylation sites is 1. The second-order valence-corrected chi connectivity index (χ2v) is 9.29. The van der Waals surface area contributed by atoms with Crippen LogP contribution in [0.5, 0.6) is 0 Å². The molecule has 15 heteroatoms. The van der Waals surface area contributed by atoms with Crippen molar-refractivity contribution in [2.45, 2.75) is 37.8 Å². The van der Waals surface area contributed by atoms with Gasteiger partial charge >= 0.3 is 5.97 Å². The Hall–Kier alpha value is -5.47. The first-order valence-electron chi connectivity index (χ1n) is 12.8. The molecule has 0 spiro atoms. The minimum absolute atomic E-state index is 0.0456. The summed E-state index contributed by atoms with van der Waals surface area (Å²) in [7, 11) is 0. The summed E-state index contributed by atoms with van der Waals surface area (Å²) in [4.78, 5) is 66.9. The van der Waals surface area contributed by atoms with Gasteiger partial charge in [-0.3, -0.25) is 34.4 Å². The normalized spacial score (nSPS) is 12.6. The Kier molecular flexibility index (Phi) is 12.4. The highest BCUT2D eigenvalue weighted by atomic mass is 16.4. The number of hydrogen-bond acceptors (Lipinski definition) is 7. The molecule has 0 aliphatic carbocycles. The number of aliphatic imine (C=N–C) groups is 1. The molecular weight excluding hydrogens is 546 g/mol. The van der Waals surface area contributed by atoms with Crippen LogP contribution < -0.4 is 38.9 Å². The number of nitrogens with zero attached hydrogens (tertiary/aromatic N) is 1. The molecule has 2 aromatic rings. The number of amidine groups is 1. The molecule has 0 aliphatic rings. The van der Waals surface area contributed by atoms with Gasteiger partial charge in [0.1, 0.15) is 23.8 Å². The van der Waals surface area contributed by atoms with E-state index >= 15 is 0 Å². The van der Waals surface area contributed by atoms with Crippen molar-refractivity contribution in [3.8, 4) is 0 Å². The van der Waals surface area contributed by atoms with Crippen molar-refractivity contribution in [1.29, 1.82) is 5.41 Å². The number of benzene rings is 2. The number of carboxylic acid groups (broad SMARTS) is 1. The molecule has 2 aromatic carbocycles. The van der Waals surface area contributed by atoms with E-state index in [-0.39, 0.29) is 37.6 Å². The maximum atomic E-state index is 13.4. The van der Waals surface area contributed by atoms with Crippen molar-refractivity contribution < 1.29 is 29.1 Å². The van der Waals surface area contributed by atoms with Gasteiger partial charge in [0.05, 0.1) is 6.42 Å². The van der Waals surface area contributed by atoms with Gasteiger partial charge in [-0.1, -0.05) is 42.5 Å².